The van der Waals surface area contributed by atoms with Crippen LogP contribution in [0.3, 0.4) is 0 Å². The zero-order valence-electron chi connectivity index (χ0n) is 10.9. The molecule has 0 aliphatic rings. The van der Waals surface area contributed by atoms with E-state index in [0.29, 0.717) is 11.6 Å². The lowest BCUT2D eigenvalue weighted by Crippen LogP contribution is -2.18. The van der Waals surface area contributed by atoms with Gasteiger partial charge in [-0.2, -0.15) is 0 Å². The molecule has 0 radical (unpaired) electrons. The van der Waals surface area contributed by atoms with Crippen molar-refractivity contribution in [1.82, 2.24) is 4.72 Å². The fourth-order valence-corrected chi connectivity index (χ4v) is 2.64. The number of benzene rings is 2. The van der Waals surface area contributed by atoms with Gasteiger partial charge >= 0.3 is 0 Å². The third kappa shape index (κ3) is 3.50. The molecule has 0 aromatic heterocycles. The van der Waals surface area contributed by atoms with E-state index in [1.807, 2.05) is 24.3 Å². The number of nitrogens with one attached hydrogen (secondary N) is 2. The molecule has 0 aliphatic heterocycles. The van der Waals surface area contributed by atoms with Crippen LogP contribution < -0.4 is 10.0 Å². The molecule has 2 aromatic rings. The fraction of sp³-hybridized carbons (Fsp3) is 0.143. The van der Waals surface area contributed by atoms with Crippen molar-refractivity contribution >= 4 is 27.3 Å². The summed E-state index contributed by atoms with van der Waals surface area (Å²) in [4.78, 5) is 0.239. The molecule has 2 N–H and O–H groups in total. The summed E-state index contributed by atoms with van der Waals surface area (Å²) < 4.78 is 25.5. The minimum Gasteiger partial charge on any atom is -0.381 e. The maximum Gasteiger partial charge on any atom is 0.240 e. The van der Waals surface area contributed by atoms with Gasteiger partial charge < -0.3 is 5.32 Å². The van der Waals surface area contributed by atoms with E-state index in [4.69, 9.17) is 11.6 Å². The number of hydrogen-bond acceptors (Lipinski definition) is 3. The van der Waals surface area contributed by atoms with Gasteiger partial charge in [-0.25, -0.2) is 13.1 Å². The highest BCUT2D eigenvalue weighted by atomic mass is 35.5. The molecule has 0 saturated heterocycles. The lowest BCUT2D eigenvalue weighted by atomic mass is 10.2. The zero-order chi connectivity index (χ0) is 14.6. The first-order valence-corrected chi connectivity index (χ1v) is 7.90. The maximum atomic E-state index is 11.6. The van der Waals surface area contributed by atoms with Crippen LogP contribution in [0.2, 0.25) is 5.02 Å². The van der Waals surface area contributed by atoms with E-state index in [2.05, 4.69) is 10.0 Å². The van der Waals surface area contributed by atoms with E-state index in [1.165, 1.54) is 7.05 Å². The first-order chi connectivity index (χ1) is 9.53. The van der Waals surface area contributed by atoms with Gasteiger partial charge in [-0.15, -0.1) is 0 Å². The van der Waals surface area contributed by atoms with Gasteiger partial charge in [-0.3, -0.25) is 0 Å². The summed E-state index contributed by atoms with van der Waals surface area (Å²) in [5, 5.41) is 3.90. The summed E-state index contributed by atoms with van der Waals surface area (Å²) in [6.07, 6.45) is 0. The van der Waals surface area contributed by atoms with Crippen molar-refractivity contribution in [2.75, 3.05) is 12.4 Å². The van der Waals surface area contributed by atoms with E-state index in [1.54, 1.807) is 24.3 Å². The summed E-state index contributed by atoms with van der Waals surface area (Å²) in [5.41, 5.74) is 1.82. The number of sulfonamides is 1. The number of anilines is 1. The van der Waals surface area contributed by atoms with Gasteiger partial charge in [0.25, 0.3) is 0 Å². The minimum atomic E-state index is -3.39. The molecular formula is C14H15ClN2O2S. The van der Waals surface area contributed by atoms with Crippen molar-refractivity contribution in [3.63, 3.8) is 0 Å². The van der Waals surface area contributed by atoms with E-state index >= 15 is 0 Å². The summed E-state index contributed by atoms with van der Waals surface area (Å²) in [6, 6.07) is 14.1. The predicted molar refractivity (Wildman–Crippen MR) is 81.5 cm³/mol. The molecule has 0 bridgehead atoms. The molecular weight excluding hydrogens is 296 g/mol. The highest BCUT2D eigenvalue weighted by molar-refractivity contribution is 7.89. The summed E-state index contributed by atoms with van der Waals surface area (Å²) in [7, 11) is -2.00. The van der Waals surface area contributed by atoms with Crippen molar-refractivity contribution < 1.29 is 8.42 Å². The van der Waals surface area contributed by atoms with Gasteiger partial charge in [0.05, 0.1) is 4.90 Å². The van der Waals surface area contributed by atoms with Gasteiger partial charge in [-0.05, 0) is 42.9 Å². The van der Waals surface area contributed by atoms with Crippen molar-refractivity contribution in [1.29, 1.82) is 0 Å². The zero-order valence-corrected chi connectivity index (χ0v) is 12.5. The van der Waals surface area contributed by atoms with Gasteiger partial charge in [0.15, 0.2) is 0 Å². The Morgan fingerprint density at radius 2 is 1.70 bits per heavy atom. The van der Waals surface area contributed by atoms with Crippen molar-refractivity contribution in [2.45, 2.75) is 11.4 Å². The van der Waals surface area contributed by atoms with Crippen molar-refractivity contribution in [2.24, 2.45) is 0 Å². The first-order valence-electron chi connectivity index (χ1n) is 6.04. The monoisotopic (exact) mass is 310 g/mol. The van der Waals surface area contributed by atoms with Crippen molar-refractivity contribution in [3.8, 4) is 0 Å². The molecule has 0 aliphatic carbocycles. The summed E-state index contributed by atoms with van der Waals surface area (Å²) >= 11 is 6.07. The topological polar surface area (TPSA) is 58.2 Å². The molecule has 6 heteroatoms. The second-order valence-electron chi connectivity index (χ2n) is 4.18. The molecule has 20 heavy (non-hydrogen) atoms. The van der Waals surface area contributed by atoms with E-state index in [9.17, 15) is 8.42 Å². The third-order valence-corrected chi connectivity index (χ3v) is 4.67. The van der Waals surface area contributed by atoms with E-state index in [0.717, 1.165) is 11.3 Å². The fourth-order valence-electron chi connectivity index (χ4n) is 1.71. The van der Waals surface area contributed by atoms with Gasteiger partial charge in [0.2, 0.25) is 10.0 Å². The third-order valence-electron chi connectivity index (χ3n) is 2.87. The molecule has 0 fully saturated rings. The molecule has 0 heterocycles. The smallest absolute Gasteiger partial charge is 0.240 e. The van der Waals surface area contributed by atoms with Crippen LogP contribution in [0.4, 0.5) is 5.69 Å². The SMILES string of the molecule is CNS(=O)(=O)c1ccc(NCc2ccccc2Cl)cc1. The molecule has 106 valence electrons. The van der Waals surface area contributed by atoms with Crippen LogP contribution in [0.15, 0.2) is 53.4 Å². The van der Waals surface area contributed by atoms with E-state index < -0.39 is 10.0 Å². The molecule has 4 nitrogen and oxygen atoms in total. The standard InChI is InChI=1S/C14H15ClN2O2S/c1-16-20(18,19)13-8-6-12(7-9-13)17-10-11-4-2-3-5-14(11)15/h2-9,16-17H,10H2,1H3. The van der Waals surface area contributed by atoms with E-state index in [-0.39, 0.29) is 4.90 Å². The van der Waals surface area contributed by atoms with Crippen LogP contribution in [0.1, 0.15) is 5.56 Å². The molecule has 2 aromatic carbocycles. The van der Waals surface area contributed by atoms with Gasteiger partial charge in [0.1, 0.15) is 0 Å². The van der Waals surface area contributed by atoms with Crippen LogP contribution >= 0.6 is 11.6 Å². The lowest BCUT2D eigenvalue weighted by molar-refractivity contribution is 0.588. The van der Waals surface area contributed by atoms with Gasteiger partial charge in [0, 0.05) is 17.3 Å². The van der Waals surface area contributed by atoms with Crippen LogP contribution in [0.5, 0.6) is 0 Å². The van der Waals surface area contributed by atoms with Gasteiger partial charge in [-0.1, -0.05) is 29.8 Å². The average molecular weight is 311 g/mol. The number of rotatable bonds is 5. The Kier molecular flexibility index (Phi) is 4.65. The minimum absolute atomic E-state index is 0.239. The predicted octanol–water partition coefficient (Wildman–Crippen LogP) is 2.86. The van der Waals surface area contributed by atoms with Crippen LogP contribution in [-0.2, 0) is 16.6 Å². The highest BCUT2D eigenvalue weighted by Gasteiger charge is 2.10. The van der Waals surface area contributed by atoms with Crippen LogP contribution in [0.25, 0.3) is 0 Å². The average Bonchev–Trinajstić information content (AvgIpc) is 2.47. The second kappa shape index (κ2) is 6.26. The Morgan fingerprint density at radius 1 is 1.05 bits per heavy atom. The second-order valence-corrected chi connectivity index (χ2v) is 6.47. The Morgan fingerprint density at radius 3 is 2.30 bits per heavy atom. The number of hydrogen-bond donors (Lipinski definition) is 2. The molecule has 0 unspecified atom stereocenters. The summed E-state index contributed by atoms with van der Waals surface area (Å²) in [6.45, 7) is 0.581. The molecule has 0 amide bonds. The molecule has 0 spiro atoms. The summed E-state index contributed by atoms with van der Waals surface area (Å²) in [5.74, 6) is 0. The first kappa shape index (κ1) is 14.8. The Balaban J connectivity index is 2.07. The maximum absolute atomic E-state index is 11.6. The number of halogens is 1. The Hall–Kier alpha value is -1.56. The Labute approximate surface area is 123 Å². The quantitative estimate of drug-likeness (QED) is 0.893. The molecule has 0 atom stereocenters. The molecule has 0 saturated carbocycles. The molecule has 2 rings (SSSR count). The largest absolute Gasteiger partial charge is 0.381 e. The van der Waals surface area contributed by atoms with Crippen molar-refractivity contribution in [3.05, 3.63) is 59.1 Å². The lowest BCUT2D eigenvalue weighted by Gasteiger charge is -2.09. The Bertz CT molecular complexity index is 685. The normalized spacial score (nSPS) is 11.3. The van der Waals surface area contributed by atoms with Crippen LogP contribution in [-0.4, -0.2) is 15.5 Å². The van der Waals surface area contributed by atoms with Crippen LogP contribution in [0, 0.1) is 0 Å². The highest BCUT2D eigenvalue weighted by Crippen LogP contribution is 2.18.